The van der Waals surface area contributed by atoms with E-state index in [-0.39, 0.29) is 12.0 Å². The van der Waals surface area contributed by atoms with Crippen molar-refractivity contribution in [1.29, 1.82) is 0 Å². The quantitative estimate of drug-likeness (QED) is 0.824. The second-order valence-corrected chi connectivity index (χ2v) is 7.03. The first kappa shape index (κ1) is 16.0. The lowest BCUT2D eigenvalue weighted by molar-refractivity contribution is -0.150. The van der Waals surface area contributed by atoms with Crippen LogP contribution in [0.1, 0.15) is 24.8 Å². The third-order valence-corrected chi connectivity index (χ3v) is 4.88. The Morgan fingerprint density at radius 2 is 2.05 bits per heavy atom. The van der Waals surface area contributed by atoms with E-state index < -0.39 is 0 Å². The molecule has 0 bridgehead atoms. The zero-order valence-corrected chi connectivity index (χ0v) is 14.4. The summed E-state index contributed by atoms with van der Waals surface area (Å²) >= 11 is 3.51. The molecule has 1 atom stereocenters. The van der Waals surface area contributed by atoms with E-state index in [1.165, 1.54) is 12.0 Å². The fraction of sp³-hybridized carbons (Fsp3) is 0.588. The molecule has 0 saturated carbocycles. The zero-order chi connectivity index (χ0) is 15.4. The second-order valence-electron chi connectivity index (χ2n) is 6.11. The number of likely N-dealkylation sites (tertiary alicyclic amines) is 1. The molecular weight excluding hydrogens is 344 g/mol. The maximum atomic E-state index is 12.6. The van der Waals surface area contributed by atoms with Gasteiger partial charge in [0.2, 0.25) is 0 Å². The molecule has 1 aromatic rings. The molecule has 5 heteroatoms. The van der Waals surface area contributed by atoms with Crippen LogP contribution in [0.5, 0.6) is 0 Å². The number of benzene rings is 1. The highest BCUT2D eigenvalue weighted by Crippen LogP contribution is 2.17. The molecule has 0 radical (unpaired) electrons. The lowest BCUT2D eigenvalue weighted by Crippen LogP contribution is -2.51. The van der Waals surface area contributed by atoms with Crippen molar-refractivity contribution in [2.24, 2.45) is 0 Å². The summed E-state index contributed by atoms with van der Waals surface area (Å²) in [6.07, 6.45) is 3.20. The van der Waals surface area contributed by atoms with Crippen molar-refractivity contribution in [3.05, 3.63) is 34.3 Å². The summed E-state index contributed by atoms with van der Waals surface area (Å²) in [6, 6.07) is 8.35. The molecule has 120 valence electrons. The maximum absolute atomic E-state index is 12.6. The number of hydrogen-bond donors (Lipinski definition) is 0. The van der Waals surface area contributed by atoms with Crippen LogP contribution in [0.4, 0.5) is 0 Å². The predicted molar refractivity (Wildman–Crippen MR) is 89.6 cm³/mol. The normalized spacial score (nSPS) is 23.5. The summed E-state index contributed by atoms with van der Waals surface area (Å²) in [4.78, 5) is 16.9. The zero-order valence-electron chi connectivity index (χ0n) is 12.8. The third kappa shape index (κ3) is 4.09. The summed E-state index contributed by atoms with van der Waals surface area (Å²) < 4.78 is 6.84. The fourth-order valence-corrected chi connectivity index (χ4v) is 3.65. The second kappa shape index (κ2) is 7.57. The van der Waals surface area contributed by atoms with E-state index in [9.17, 15) is 4.79 Å². The average Bonchev–Trinajstić information content (AvgIpc) is 2.55. The molecule has 0 aromatic heterocycles. The van der Waals surface area contributed by atoms with Gasteiger partial charge in [0.1, 0.15) is 6.10 Å². The Bertz CT molecular complexity index is 517. The van der Waals surface area contributed by atoms with Crippen molar-refractivity contribution in [3.63, 3.8) is 0 Å². The molecule has 1 amide bonds. The molecule has 2 fully saturated rings. The minimum atomic E-state index is -0.293. The number of rotatable bonds is 3. The number of ether oxygens (including phenoxy) is 1. The molecule has 0 aliphatic carbocycles. The first-order valence-corrected chi connectivity index (χ1v) is 8.89. The van der Waals surface area contributed by atoms with E-state index in [2.05, 4.69) is 39.0 Å². The van der Waals surface area contributed by atoms with Crippen LogP contribution < -0.4 is 0 Å². The minimum absolute atomic E-state index is 0.179. The van der Waals surface area contributed by atoms with Crippen molar-refractivity contribution >= 4 is 21.8 Å². The van der Waals surface area contributed by atoms with Crippen LogP contribution in [0.15, 0.2) is 28.7 Å². The number of hydrogen-bond acceptors (Lipinski definition) is 3. The Labute approximate surface area is 140 Å². The van der Waals surface area contributed by atoms with Crippen molar-refractivity contribution in [3.8, 4) is 0 Å². The highest BCUT2D eigenvalue weighted by molar-refractivity contribution is 9.10. The Morgan fingerprint density at radius 3 is 2.82 bits per heavy atom. The van der Waals surface area contributed by atoms with Crippen LogP contribution in [-0.2, 0) is 16.1 Å². The SMILES string of the molecule is O=C(C1CN(Cc2cccc(Br)c2)CCO1)N1CCCCC1. The van der Waals surface area contributed by atoms with E-state index in [1.54, 1.807) is 0 Å². The lowest BCUT2D eigenvalue weighted by atomic mass is 10.1. The molecule has 0 N–H and O–H groups in total. The van der Waals surface area contributed by atoms with Gasteiger partial charge in [-0.25, -0.2) is 0 Å². The smallest absolute Gasteiger partial charge is 0.253 e. The van der Waals surface area contributed by atoms with Crippen LogP contribution in [-0.4, -0.2) is 54.6 Å². The topological polar surface area (TPSA) is 32.8 Å². The molecule has 1 aromatic carbocycles. The Morgan fingerprint density at radius 1 is 1.23 bits per heavy atom. The Kier molecular flexibility index (Phi) is 5.50. The molecule has 1 unspecified atom stereocenters. The first-order chi connectivity index (χ1) is 10.7. The summed E-state index contributed by atoms with van der Waals surface area (Å²) in [6.45, 7) is 4.87. The highest BCUT2D eigenvalue weighted by Gasteiger charge is 2.30. The summed E-state index contributed by atoms with van der Waals surface area (Å²) in [7, 11) is 0. The third-order valence-electron chi connectivity index (χ3n) is 4.39. The van der Waals surface area contributed by atoms with Crippen LogP contribution in [0.3, 0.4) is 0 Å². The van der Waals surface area contributed by atoms with Crippen molar-refractivity contribution in [2.75, 3.05) is 32.8 Å². The van der Waals surface area contributed by atoms with E-state index in [0.29, 0.717) is 13.2 Å². The van der Waals surface area contributed by atoms with Gasteiger partial charge in [0.15, 0.2) is 0 Å². The van der Waals surface area contributed by atoms with Gasteiger partial charge in [0.25, 0.3) is 5.91 Å². The number of carbonyl (C=O) groups excluding carboxylic acids is 1. The molecule has 2 aliphatic heterocycles. The van der Waals surface area contributed by atoms with Crippen LogP contribution >= 0.6 is 15.9 Å². The Balaban J connectivity index is 1.57. The fourth-order valence-electron chi connectivity index (χ4n) is 3.21. The summed E-state index contributed by atoms with van der Waals surface area (Å²) in [5.74, 6) is 0.179. The van der Waals surface area contributed by atoms with Gasteiger partial charge in [0, 0.05) is 37.2 Å². The van der Waals surface area contributed by atoms with Gasteiger partial charge in [0.05, 0.1) is 6.61 Å². The van der Waals surface area contributed by atoms with E-state index in [0.717, 1.165) is 43.5 Å². The van der Waals surface area contributed by atoms with Crippen LogP contribution in [0, 0.1) is 0 Å². The molecule has 2 aliphatic rings. The molecule has 0 spiro atoms. The number of amides is 1. The molecule has 4 nitrogen and oxygen atoms in total. The molecular formula is C17H23BrN2O2. The maximum Gasteiger partial charge on any atom is 0.253 e. The monoisotopic (exact) mass is 366 g/mol. The largest absolute Gasteiger partial charge is 0.366 e. The first-order valence-electron chi connectivity index (χ1n) is 8.09. The van der Waals surface area contributed by atoms with Gasteiger partial charge < -0.3 is 9.64 Å². The van der Waals surface area contributed by atoms with Gasteiger partial charge in [-0.3, -0.25) is 9.69 Å². The minimum Gasteiger partial charge on any atom is -0.366 e. The van der Waals surface area contributed by atoms with Crippen LogP contribution in [0.25, 0.3) is 0 Å². The van der Waals surface area contributed by atoms with E-state index >= 15 is 0 Å². The number of nitrogens with zero attached hydrogens (tertiary/aromatic N) is 2. The Hall–Kier alpha value is -0.910. The van der Waals surface area contributed by atoms with E-state index in [4.69, 9.17) is 4.74 Å². The highest BCUT2D eigenvalue weighted by atomic mass is 79.9. The van der Waals surface area contributed by atoms with E-state index in [1.807, 2.05) is 11.0 Å². The molecule has 2 heterocycles. The average molecular weight is 367 g/mol. The number of piperidine rings is 1. The van der Waals surface area contributed by atoms with Crippen molar-refractivity contribution < 1.29 is 9.53 Å². The van der Waals surface area contributed by atoms with Gasteiger partial charge in [-0.05, 0) is 37.0 Å². The lowest BCUT2D eigenvalue weighted by Gasteiger charge is -2.36. The number of carbonyl (C=O) groups is 1. The van der Waals surface area contributed by atoms with Crippen molar-refractivity contribution in [1.82, 2.24) is 9.80 Å². The molecule has 22 heavy (non-hydrogen) atoms. The summed E-state index contributed by atoms with van der Waals surface area (Å²) in [5.41, 5.74) is 1.26. The number of halogens is 1. The summed E-state index contributed by atoms with van der Waals surface area (Å²) in [5, 5.41) is 0. The van der Waals surface area contributed by atoms with Crippen molar-refractivity contribution in [2.45, 2.75) is 31.9 Å². The van der Waals surface area contributed by atoms with Crippen LogP contribution in [0.2, 0.25) is 0 Å². The predicted octanol–water partition coefficient (Wildman–Crippen LogP) is 2.66. The van der Waals surface area contributed by atoms with Gasteiger partial charge in [-0.15, -0.1) is 0 Å². The van der Waals surface area contributed by atoms with Gasteiger partial charge >= 0.3 is 0 Å². The standard InChI is InChI=1S/C17H23BrN2O2/c18-15-6-4-5-14(11-15)12-19-9-10-22-16(13-19)17(21)20-7-2-1-3-8-20/h4-6,11,16H,1-3,7-10,12-13H2. The number of morpholine rings is 1. The molecule has 3 rings (SSSR count). The van der Waals surface area contributed by atoms with Gasteiger partial charge in [-0.2, -0.15) is 0 Å². The molecule has 2 saturated heterocycles. The van der Waals surface area contributed by atoms with Gasteiger partial charge in [-0.1, -0.05) is 28.1 Å².